The van der Waals surface area contributed by atoms with Crippen LogP contribution in [0, 0.1) is 5.82 Å². The van der Waals surface area contributed by atoms with Gasteiger partial charge < -0.3 is 10.1 Å². The van der Waals surface area contributed by atoms with E-state index in [0.29, 0.717) is 31.1 Å². The first-order chi connectivity index (χ1) is 10.7. The van der Waals surface area contributed by atoms with Crippen molar-refractivity contribution in [3.05, 3.63) is 41.8 Å². The van der Waals surface area contributed by atoms with Crippen LogP contribution >= 0.6 is 0 Å². The molecule has 1 aliphatic heterocycles. The molecule has 2 heterocycles. The summed E-state index contributed by atoms with van der Waals surface area (Å²) in [6.07, 6.45) is -0.128. The third kappa shape index (κ3) is 2.86. The van der Waals surface area contributed by atoms with Crippen molar-refractivity contribution in [1.29, 1.82) is 0 Å². The lowest BCUT2D eigenvalue weighted by molar-refractivity contribution is 0.0897. The van der Waals surface area contributed by atoms with E-state index in [9.17, 15) is 9.18 Å². The number of nitrogens with one attached hydrogen (secondary N) is 2. The molecule has 22 heavy (non-hydrogen) atoms. The summed E-state index contributed by atoms with van der Waals surface area (Å²) >= 11 is 0. The maximum atomic E-state index is 13.0. The van der Waals surface area contributed by atoms with Crippen LogP contribution in [0.3, 0.4) is 0 Å². The number of benzene rings is 1. The number of nitrogens with zero attached hydrogens (tertiary/aromatic N) is 2. The topological polar surface area (TPSA) is 68.2 Å². The highest BCUT2D eigenvalue weighted by Crippen LogP contribution is 2.23. The molecule has 0 spiro atoms. The van der Waals surface area contributed by atoms with Crippen molar-refractivity contribution in [3.8, 4) is 11.3 Å². The van der Waals surface area contributed by atoms with E-state index >= 15 is 0 Å². The molecular weight excluding hydrogens is 287 g/mol. The van der Waals surface area contributed by atoms with Gasteiger partial charge in [-0.1, -0.05) is 0 Å². The number of methoxy groups -OCH3 is 1. The Hall–Kier alpha value is -2.25. The van der Waals surface area contributed by atoms with E-state index in [4.69, 9.17) is 4.74 Å². The number of hydrogen-bond donors (Lipinski definition) is 2. The molecule has 7 heteroatoms. The van der Waals surface area contributed by atoms with Gasteiger partial charge in [-0.3, -0.25) is 10.1 Å². The van der Waals surface area contributed by atoms with Gasteiger partial charge >= 0.3 is 0 Å². The summed E-state index contributed by atoms with van der Waals surface area (Å²) in [4.78, 5) is 12.0. The fourth-order valence-electron chi connectivity index (χ4n) is 2.42. The molecular formula is C15H17FN4O2. The van der Waals surface area contributed by atoms with Crippen LogP contribution in [-0.4, -0.2) is 42.5 Å². The molecule has 1 aromatic heterocycles. The molecule has 0 bridgehead atoms. The van der Waals surface area contributed by atoms with Crippen molar-refractivity contribution < 1.29 is 13.9 Å². The Labute approximate surface area is 127 Å². The second-order valence-corrected chi connectivity index (χ2v) is 5.04. The number of fused-ring (bicyclic) bond motifs is 1. The number of ether oxygens (including phenoxy) is 1. The van der Waals surface area contributed by atoms with Crippen molar-refractivity contribution in [2.24, 2.45) is 0 Å². The fourth-order valence-corrected chi connectivity index (χ4v) is 2.42. The van der Waals surface area contributed by atoms with Gasteiger partial charge in [-0.25, -0.2) is 9.07 Å². The molecule has 0 fully saturated rings. The minimum Gasteiger partial charge on any atom is -0.383 e. The minimum absolute atomic E-state index is 0.128. The van der Waals surface area contributed by atoms with E-state index in [-0.39, 0.29) is 17.9 Å². The maximum Gasteiger partial charge on any atom is 0.269 e. The van der Waals surface area contributed by atoms with Crippen molar-refractivity contribution >= 4 is 5.91 Å². The average Bonchev–Trinajstić information content (AvgIpc) is 2.97. The third-order valence-corrected chi connectivity index (χ3v) is 3.55. The first-order valence-electron chi connectivity index (χ1n) is 7.05. The molecule has 116 valence electrons. The van der Waals surface area contributed by atoms with Crippen LogP contribution in [0.25, 0.3) is 11.3 Å². The number of aromatic nitrogens is 2. The summed E-state index contributed by atoms with van der Waals surface area (Å²) in [7, 11) is 1.64. The first kappa shape index (κ1) is 14.7. The van der Waals surface area contributed by atoms with Crippen LogP contribution in [0.5, 0.6) is 0 Å². The predicted molar refractivity (Wildman–Crippen MR) is 78.9 cm³/mol. The quantitative estimate of drug-likeness (QED) is 0.814. The van der Waals surface area contributed by atoms with Crippen LogP contribution in [0.1, 0.15) is 16.7 Å². The normalized spacial score (nSPS) is 17.2. The largest absolute Gasteiger partial charge is 0.383 e. The van der Waals surface area contributed by atoms with E-state index in [1.54, 1.807) is 30.0 Å². The number of halogens is 1. The van der Waals surface area contributed by atoms with E-state index in [1.165, 1.54) is 12.1 Å². The van der Waals surface area contributed by atoms with Gasteiger partial charge in [0.15, 0.2) is 0 Å². The maximum absolute atomic E-state index is 13.0. The summed E-state index contributed by atoms with van der Waals surface area (Å²) < 4.78 is 19.7. The standard InChI is InChI=1S/C15H17FN4O2/c1-22-7-6-17-14-9-18-15(21)13-8-12(19-20(13)14)10-2-4-11(16)5-3-10/h2-5,8,14,17H,6-7,9H2,1H3,(H,18,21). The third-order valence-electron chi connectivity index (χ3n) is 3.55. The average molecular weight is 304 g/mol. The molecule has 0 radical (unpaired) electrons. The lowest BCUT2D eigenvalue weighted by Gasteiger charge is -2.25. The van der Waals surface area contributed by atoms with Crippen molar-refractivity contribution in [2.45, 2.75) is 6.17 Å². The number of hydrogen-bond acceptors (Lipinski definition) is 4. The summed E-state index contributed by atoms with van der Waals surface area (Å²) in [5.41, 5.74) is 1.90. The van der Waals surface area contributed by atoms with Crippen LogP contribution in [0.2, 0.25) is 0 Å². The Kier molecular flexibility index (Phi) is 4.17. The molecule has 0 aliphatic carbocycles. The van der Waals surface area contributed by atoms with Gasteiger partial charge in [0.1, 0.15) is 17.7 Å². The second kappa shape index (κ2) is 6.25. The van der Waals surface area contributed by atoms with Crippen LogP contribution in [0.15, 0.2) is 30.3 Å². The SMILES string of the molecule is COCCNC1CNC(=O)c2cc(-c3ccc(F)cc3)nn21. The number of rotatable bonds is 5. The lowest BCUT2D eigenvalue weighted by atomic mass is 10.1. The van der Waals surface area contributed by atoms with Gasteiger partial charge in [0, 0.05) is 19.2 Å². The molecule has 1 amide bonds. The summed E-state index contributed by atoms with van der Waals surface area (Å²) in [6.45, 7) is 1.69. The molecule has 0 saturated carbocycles. The van der Waals surface area contributed by atoms with Crippen LogP contribution in [-0.2, 0) is 4.74 Å². The predicted octanol–water partition coefficient (Wildman–Crippen LogP) is 1.17. The van der Waals surface area contributed by atoms with Crippen molar-refractivity contribution in [1.82, 2.24) is 20.4 Å². The molecule has 2 N–H and O–H groups in total. The Morgan fingerprint density at radius 1 is 1.45 bits per heavy atom. The van der Waals surface area contributed by atoms with E-state index in [0.717, 1.165) is 5.56 Å². The molecule has 1 aromatic carbocycles. The Morgan fingerprint density at radius 3 is 2.95 bits per heavy atom. The first-order valence-corrected chi connectivity index (χ1v) is 7.05. The zero-order chi connectivity index (χ0) is 15.5. The summed E-state index contributed by atoms with van der Waals surface area (Å²) in [5.74, 6) is -0.463. The Bertz CT molecular complexity index is 669. The van der Waals surface area contributed by atoms with Gasteiger partial charge in [-0.05, 0) is 30.3 Å². The van der Waals surface area contributed by atoms with E-state index in [2.05, 4.69) is 15.7 Å². The number of amides is 1. The van der Waals surface area contributed by atoms with Gasteiger partial charge in [0.25, 0.3) is 5.91 Å². The minimum atomic E-state index is -0.301. The molecule has 1 atom stereocenters. The molecule has 2 aromatic rings. The zero-order valence-electron chi connectivity index (χ0n) is 12.2. The van der Waals surface area contributed by atoms with Crippen molar-refractivity contribution in [2.75, 3.05) is 26.8 Å². The van der Waals surface area contributed by atoms with Gasteiger partial charge in [-0.15, -0.1) is 0 Å². The van der Waals surface area contributed by atoms with E-state index < -0.39 is 0 Å². The smallest absolute Gasteiger partial charge is 0.269 e. The number of carbonyl (C=O) groups excluding carboxylic acids is 1. The Morgan fingerprint density at radius 2 is 2.23 bits per heavy atom. The molecule has 1 unspecified atom stereocenters. The highest BCUT2D eigenvalue weighted by Gasteiger charge is 2.26. The number of carbonyl (C=O) groups is 1. The lowest BCUT2D eigenvalue weighted by Crippen LogP contribution is -2.46. The highest BCUT2D eigenvalue weighted by molar-refractivity contribution is 5.94. The second-order valence-electron chi connectivity index (χ2n) is 5.04. The zero-order valence-corrected chi connectivity index (χ0v) is 12.2. The van der Waals surface area contributed by atoms with Gasteiger partial charge in [0.05, 0.1) is 18.8 Å². The molecule has 6 nitrogen and oxygen atoms in total. The Balaban J connectivity index is 1.88. The van der Waals surface area contributed by atoms with Gasteiger partial charge in [-0.2, -0.15) is 5.10 Å². The molecule has 0 saturated heterocycles. The monoisotopic (exact) mass is 304 g/mol. The fraction of sp³-hybridized carbons (Fsp3) is 0.333. The van der Waals surface area contributed by atoms with Crippen molar-refractivity contribution in [3.63, 3.8) is 0 Å². The summed E-state index contributed by atoms with van der Waals surface area (Å²) in [6, 6.07) is 7.76. The summed E-state index contributed by atoms with van der Waals surface area (Å²) in [5, 5.41) is 10.6. The van der Waals surface area contributed by atoms with E-state index in [1.807, 2.05) is 0 Å². The highest BCUT2D eigenvalue weighted by atomic mass is 19.1. The molecule has 1 aliphatic rings. The van der Waals surface area contributed by atoms with Crippen LogP contribution < -0.4 is 10.6 Å². The van der Waals surface area contributed by atoms with Crippen LogP contribution in [0.4, 0.5) is 4.39 Å². The molecule has 3 rings (SSSR count). The van der Waals surface area contributed by atoms with Gasteiger partial charge in [0.2, 0.25) is 0 Å².